The molecule has 0 aromatic carbocycles. The van der Waals surface area contributed by atoms with E-state index in [9.17, 15) is 13.2 Å². The van der Waals surface area contributed by atoms with Crippen LogP contribution >= 0.6 is 24.0 Å². The molecule has 2 aromatic heterocycles. The van der Waals surface area contributed by atoms with Gasteiger partial charge in [0.05, 0.1) is 5.69 Å². The lowest BCUT2D eigenvalue weighted by molar-refractivity contribution is -0.154. The number of rotatable bonds is 8. The summed E-state index contributed by atoms with van der Waals surface area (Å²) in [5.74, 6) is 0.568. The third-order valence-electron chi connectivity index (χ3n) is 3.81. The van der Waals surface area contributed by atoms with Gasteiger partial charge < -0.3 is 15.4 Å². The number of aromatic nitrogens is 3. The Morgan fingerprint density at radius 3 is 2.55 bits per heavy atom. The quantitative estimate of drug-likeness (QED) is 0.239. The summed E-state index contributed by atoms with van der Waals surface area (Å²) in [6.45, 7) is 4.61. The van der Waals surface area contributed by atoms with Gasteiger partial charge in [-0.15, -0.1) is 24.0 Å². The fraction of sp³-hybridized carbons (Fsp3) is 0.500. The van der Waals surface area contributed by atoms with E-state index in [4.69, 9.17) is 0 Å². The largest absolute Gasteiger partial charge is 0.468 e. The van der Waals surface area contributed by atoms with Crippen LogP contribution in [0.15, 0.2) is 29.4 Å². The number of aliphatic imine (C=N–C) groups is 1. The molecule has 2 N–H and O–H groups in total. The molecule has 2 heterocycles. The van der Waals surface area contributed by atoms with E-state index in [1.807, 2.05) is 24.6 Å². The number of guanidine groups is 1. The minimum atomic E-state index is -4.38. The van der Waals surface area contributed by atoms with Crippen LogP contribution in [0, 0.1) is 13.8 Å². The molecule has 0 amide bonds. The topological polar surface area (TPSA) is 76.4 Å². The van der Waals surface area contributed by atoms with Crippen molar-refractivity contribution < 1.29 is 17.9 Å². The van der Waals surface area contributed by atoms with Crippen molar-refractivity contribution in [3.8, 4) is 5.88 Å². The predicted octanol–water partition coefficient (Wildman–Crippen LogP) is 3.21. The third-order valence-corrected chi connectivity index (χ3v) is 3.81. The van der Waals surface area contributed by atoms with Gasteiger partial charge in [-0.25, -0.2) is 4.98 Å². The zero-order valence-electron chi connectivity index (χ0n) is 16.6. The van der Waals surface area contributed by atoms with Gasteiger partial charge in [-0.3, -0.25) is 9.67 Å². The fourth-order valence-corrected chi connectivity index (χ4v) is 2.50. The normalized spacial score (nSPS) is 11.7. The van der Waals surface area contributed by atoms with Gasteiger partial charge >= 0.3 is 6.18 Å². The number of pyridine rings is 1. The number of nitrogens with one attached hydrogen (secondary N) is 2. The summed E-state index contributed by atoms with van der Waals surface area (Å²) in [5, 5.41) is 10.8. The molecule has 0 aliphatic rings. The van der Waals surface area contributed by atoms with Crippen molar-refractivity contribution >= 4 is 29.9 Å². The van der Waals surface area contributed by atoms with Crippen LogP contribution in [0.4, 0.5) is 13.2 Å². The lowest BCUT2D eigenvalue weighted by Crippen LogP contribution is -2.37. The van der Waals surface area contributed by atoms with Crippen molar-refractivity contribution in [2.24, 2.45) is 4.99 Å². The molecule has 0 aliphatic heterocycles. The Balaban J connectivity index is 0.00000420. The Morgan fingerprint density at radius 2 is 2.00 bits per heavy atom. The summed E-state index contributed by atoms with van der Waals surface area (Å²) in [6.07, 6.45) is -2.03. The summed E-state index contributed by atoms with van der Waals surface area (Å²) < 4.78 is 42.9. The molecule has 162 valence electrons. The summed E-state index contributed by atoms with van der Waals surface area (Å²) in [6, 6.07) is 5.11. The second kappa shape index (κ2) is 11.8. The first-order valence-electron chi connectivity index (χ1n) is 8.87. The van der Waals surface area contributed by atoms with Gasteiger partial charge in [-0.1, -0.05) is 6.07 Å². The monoisotopic (exact) mass is 526 g/mol. The molecular formula is C18H26F3IN6O. The van der Waals surface area contributed by atoms with Crippen molar-refractivity contribution in [2.75, 3.05) is 20.2 Å². The fourth-order valence-electron chi connectivity index (χ4n) is 2.50. The molecule has 0 unspecified atom stereocenters. The van der Waals surface area contributed by atoms with Crippen LogP contribution < -0.4 is 15.4 Å². The highest BCUT2D eigenvalue weighted by Gasteiger charge is 2.28. The van der Waals surface area contributed by atoms with E-state index < -0.39 is 12.8 Å². The molecule has 0 saturated carbocycles. The van der Waals surface area contributed by atoms with Crippen molar-refractivity contribution in [3.63, 3.8) is 0 Å². The lowest BCUT2D eigenvalue weighted by atomic mass is 10.3. The van der Waals surface area contributed by atoms with Crippen LogP contribution in [-0.2, 0) is 13.1 Å². The maximum atomic E-state index is 12.1. The van der Waals surface area contributed by atoms with E-state index in [-0.39, 0.29) is 29.9 Å². The van der Waals surface area contributed by atoms with Crippen LogP contribution in [0.25, 0.3) is 0 Å². The molecule has 0 fully saturated rings. The summed E-state index contributed by atoms with van der Waals surface area (Å²) >= 11 is 0. The van der Waals surface area contributed by atoms with E-state index in [2.05, 4.69) is 30.4 Å². The van der Waals surface area contributed by atoms with E-state index in [1.54, 1.807) is 13.1 Å². The summed E-state index contributed by atoms with van der Waals surface area (Å²) in [4.78, 5) is 8.02. The Bertz CT molecular complexity index is 777. The highest BCUT2D eigenvalue weighted by molar-refractivity contribution is 14.0. The number of nitrogens with zero attached hydrogens (tertiary/aromatic N) is 4. The maximum absolute atomic E-state index is 12.1. The van der Waals surface area contributed by atoms with Crippen LogP contribution in [0.5, 0.6) is 5.88 Å². The number of alkyl halides is 3. The van der Waals surface area contributed by atoms with Crippen molar-refractivity contribution in [3.05, 3.63) is 41.3 Å². The first-order chi connectivity index (χ1) is 13.3. The van der Waals surface area contributed by atoms with E-state index in [0.717, 1.165) is 36.5 Å². The highest BCUT2D eigenvalue weighted by atomic mass is 127. The first-order valence-corrected chi connectivity index (χ1v) is 8.87. The number of aryl methyl sites for hydroxylation is 3. The smallest absolute Gasteiger partial charge is 0.422 e. The molecule has 0 atom stereocenters. The van der Waals surface area contributed by atoms with Crippen LogP contribution in [-0.4, -0.2) is 47.1 Å². The molecule has 0 bridgehead atoms. The second-order valence-corrected chi connectivity index (χ2v) is 6.26. The van der Waals surface area contributed by atoms with Crippen molar-refractivity contribution in [1.82, 2.24) is 25.4 Å². The maximum Gasteiger partial charge on any atom is 0.422 e. The molecule has 0 radical (unpaired) electrons. The van der Waals surface area contributed by atoms with Gasteiger partial charge in [0.2, 0.25) is 5.88 Å². The van der Waals surface area contributed by atoms with Crippen LogP contribution in [0.2, 0.25) is 0 Å². The van der Waals surface area contributed by atoms with Crippen LogP contribution in [0.3, 0.4) is 0 Å². The Morgan fingerprint density at radius 1 is 1.24 bits per heavy atom. The number of ether oxygens (including phenoxy) is 1. The first kappa shape index (κ1) is 25.0. The van der Waals surface area contributed by atoms with E-state index >= 15 is 0 Å². The molecule has 0 aliphatic carbocycles. The SMILES string of the molecule is CN=C(NCCCn1nc(C)cc1C)NCc1ccc(OCC(F)(F)F)nc1.I. The minimum absolute atomic E-state index is 0. The average Bonchev–Trinajstić information content (AvgIpc) is 2.97. The molecule has 0 spiro atoms. The van der Waals surface area contributed by atoms with Gasteiger partial charge in [0, 0.05) is 44.6 Å². The minimum Gasteiger partial charge on any atom is -0.468 e. The Hall–Kier alpha value is -2.05. The number of hydrogen-bond acceptors (Lipinski definition) is 4. The van der Waals surface area contributed by atoms with Gasteiger partial charge in [0.25, 0.3) is 0 Å². The molecule has 0 saturated heterocycles. The Kier molecular flexibility index (Phi) is 10.2. The number of halogens is 4. The predicted molar refractivity (Wildman–Crippen MR) is 116 cm³/mol. The molecule has 2 aromatic rings. The van der Waals surface area contributed by atoms with Crippen molar-refractivity contribution in [1.29, 1.82) is 0 Å². The van der Waals surface area contributed by atoms with Gasteiger partial charge in [-0.05, 0) is 31.9 Å². The number of hydrogen-bond donors (Lipinski definition) is 2. The van der Waals surface area contributed by atoms with E-state index in [0.29, 0.717) is 12.5 Å². The standard InChI is InChI=1S/C18H25F3N6O.HI/c1-13-9-14(2)27(26-13)8-4-7-23-17(22-3)25-11-15-5-6-16(24-10-15)28-12-18(19,20)21;/h5-6,9-10H,4,7-8,11-12H2,1-3H3,(H2,22,23,25);1H. The zero-order chi connectivity index (χ0) is 20.6. The molecule has 7 nitrogen and oxygen atoms in total. The molecule has 29 heavy (non-hydrogen) atoms. The highest BCUT2D eigenvalue weighted by Crippen LogP contribution is 2.17. The zero-order valence-corrected chi connectivity index (χ0v) is 18.9. The van der Waals surface area contributed by atoms with Gasteiger partial charge in [-0.2, -0.15) is 18.3 Å². The van der Waals surface area contributed by atoms with Gasteiger partial charge in [0.15, 0.2) is 12.6 Å². The van der Waals surface area contributed by atoms with Crippen LogP contribution in [0.1, 0.15) is 23.4 Å². The molecular weight excluding hydrogens is 500 g/mol. The lowest BCUT2D eigenvalue weighted by Gasteiger charge is -2.12. The summed E-state index contributed by atoms with van der Waals surface area (Å²) in [7, 11) is 1.67. The Labute approximate surface area is 185 Å². The third kappa shape index (κ3) is 9.33. The average molecular weight is 526 g/mol. The molecule has 11 heteroatoms. The van der Waals surface area contributed by atoms with Crippen molar-refractivity contribution in [2.45, 2.75) is 39.5 Å². The summed E-state index contributed by atoms with van der Waals surface area (Å²) in [5.41, 5.74) is 2.94. The van der Waals surface area contributed by atoms with E-state index in [1.165, 1.54) is 12.3 Å². The second-order valence-electron chi connectivity index (χ2n) is 6.26. The molecule has 2 rings (SSSR count). The van der Waals surface area contributed by atoms with Gasteiger partial charge in [0.1, 0.15) is 0 Å².